The van der Waals surface area contributed by atoms with Gasteiger partial charge in [0.05, 0.1) is 6.20 Å². The number of amides is 1. The number of carbonyl (C=O) groups is 1. The average molecular weight is 276 g/mol. The molecule has 0 fully saturated rings. The Balaban J connectivity index is 1.88. The lowest BCUT2D eigenvalue weighted by molar-refractivity contribution is 0.0951. The molecule has 0 radical (unpaired) electrons. The highest BCUT2D eigenvalue weighted by atomic mass is 32.2. The smallest absolute Gasteiger partial charge is 0.251 e. The molecule has 0 atom stereocenters. The number of benzene rings is 1. The van der Waals surface area contributed by atoms with E-state index in [4.69, 9.17) is 4.52 Å². The molecule has 0 saturated carbocycles. The van der Waals surface area contributed by atoms with Gasteiger partial charge in [0.1, 0.15) is 6.26 Å². The van der Waals surface area contributed by atoms with Crippen LogP contribution in [-0.2, 0) is 12.3 Å². The molecule has 0 unspecified atom stereocenters. The Morgan fingerprint density at radius 1 is 1.32 bits per heavy atom. The maximum absolute atomic E-state index is 11.9. The zero-order valence-electron chi connectivity index (χ0n) is 10.8. The molecule has 1 aromatic heterocycles. The minimum atomic E-state index is -0.0871. The Hall–Kier alpha value is -1.75. The molecule has 0 aliphatic heterocycles. The summed E-state index contributed by atoms with van der Waals surface area (Å²) in [6.07, 6.45) is 3.11. The maximum Gasteiger partial charge on any atom is 0.251 e. The number of thioether (sulfide) groups is 1. The minimum Gasteiger partial charge on any atom is -0.364 e. The first-order chi connectivity index (χ1) is 9.29. The molecular weight excluding hydrogens is 260 g/mol. The molecule has 5 heteroatoms. The van der Waals surface area contributed by atoms with Crippen LogP contribution in [0.2, 0.25) is 0 Å². The first-order valence-electron chi connectivity index (χ1n) is 6.12. The zero-order valence-corrected chi connectivity index (χ0v) is 11.6. The van der Waals surface area contributed by atoms with Gasteiger partial charge in [-0.3, -0.25) is 4.79 Å². The summed E-state index contributed by atoms with van der Waals surface area (Å²) in [5.74, 6) is 2.00. The molecule has 1 N–H and O–H groups in total. The SMILES string of the molecule is CCSCc1ccc(C(=O)NCc2cnoc2)cc1. The van der Waals surface area contributed by atoms with Crippen molar-refractivity contribution in [2.45, 2.75) is 19.2 Å². The first-order valence-corrected chi connectivity index (χ1v) is 7.28. The van der Waals surface area contributed by atoms with Crippen LogP contribution in [0.15, 0.2) is 41.2 Å². The highest BCUT2D eigenvalue weighted by Crippen LogP contribution is 2.12. The fourth-order valence-corrected chi connectivity index (χ4v) is 2.20. The van der Waals surface area contributed by atoms with Gasteiger partial charge in [-0.25, -0.2) is 0 Å². The van der Waals surface area contributed by atoms with Gasteiger partial charge in [-0.15, -0.1) is 0 Å². The molecule has 2 aromatic rings. The standard InChI is InChI=1S/C14H16N2O2S/c1-2-19-10-11-3-5-13(6-4-11)14(17)15-7-12-8-16-18-9-12/h3-6,8-9H,2,7,10H2,1H3,(H,15,17). The van der Waals surface area contributed by atoms with Crippen LogP contribution in [0.1, 0.15) is 28.4 Å². The van der Waals surface area contributed by atoms with E-state index < -0.39 is 0 Å². The van der Waals surface area contributed by atoms with Crippen molar-refractivity contribution >= 4 is 17.7 Å². The largest absolute Gasteiger partial charge is 0.364 e. The van der Waals surface area contributed by atoms with Crippen molar-refractivity contribution in [2.75, 3.05) is 5.75 Å². The second-order valence-corrected chi connectivity index (χ2v) is 5.32. The molecule has 0 aliphatic rings. The quantitative estimate of drug-likeness (QED) is 0.881. The van der Waals surface area contributed by atoms with Gasteiger partial charge in [0.25, 0.3) is 5.91 Å². The van der Waals surface area contributed by atoms with Crippen LogP contribution in [0.25, 0.3) is 0 Å². The normalized spacial score (nSPS) is 10.4. The predicted octanol–water partition coefficient (Wildman–Crippen LogP) is 2.86. The Labute approximate surface area is 116 Å². The van der Waals surface area contributed by atoms with Crippen molar-refractivity contribution in [2.24, 2.45) is 0 Å². The summed E-state index contributed by atoms with van der Waals surface area (Å²) >= 11 is 1.87. The predicted molar refractivity (Wildman–Crippen MR) is 76.0 cm³/mol. The summed E-state index contributed by atoms with van der Waals surface area (Å²) in [5, 5.41) is 6.40. The molecule has 1 heterocycles. The van der Waals surface area contributed by atoms with Gasteiger partial charge in [0.15, 0.2) is 0 Å². The lowest BCUT2D eigenvalue weighted by Crippen LogP contribution is -2.22. The van der Waals surface area contributed by atoms with E-state index in [1.165, 1.54) is 11.8 Å². The number of nitrogens with one attached hydrogen (secondary N) is 1. The van der Waals surface area contributed by atoms with E-state index in [0.29, 0.717) is 12.1 Å². The monoisotopic (exact) mass is 276 g/mol. The van der Waals surface area contributed by atoms with Crippen molar-refractivity contribution in [3.8, 4) is 0 Å². The molecule has 0 saturated heterocycles. The average Bonchev–Trinajstić information content (AvgIpc) is 2.96. The number of carbonyl (C=O) groups excluding carboxylic acids is 1. The Morgan fingerprint density at radius 2 is 2.11 bits per heavy atom. The topological polar surface area (TPSA) is 55.1 Å². The number of hydrogen-bond donors (Lipinski definition) is 1. The number of nitrogens with zero attached hydrogens (tertiary/aromatic N) is 1. The molecule has 4 nitrogen and oxygen atoms in total. The van der Waals surface area contributed by atoms with Crippen molar-refractivity contribution in [3.63, 3.8) is 0 Å². The van der Waals surface area contributed by atoms with Crippen molar-refractivity contribution in [3.05, 3.63) is 53.4 Å². The number of rotatable bonds is 6. The molecule has 1 amide bonds. The highest BCUT2D eigenvalue weighted by Gasteiger charge is 2.05. The molecule has 0 bridgehead atoms. The third-order valence-corrected chi connectivity index (χ3v) is 3.57. The van der Waals surface area contributed by atoms with Gasteiger partial charge in [-0.1, -0.05) is 24.2 Å². The van der Waals surface area contributed by atoms with E-state index in [1.807, 2.05) is 36.0 Å². The molecule has 0 aliphatic carbocycles. The summed E-state index contributed by atoms with van der Waals surface area (Å²) in [4.78, 5) is 11.9. The lowest BCUT2D eigenvalue weighted by Gasteiger charge is -2.05. The summed E-state index contributed by atoms with van der Waals surface area (Å²) in [6, 6.07) is 7.71. The molecular formula is C14H16N2O2S. The molecule has 100 valence electrons. The molecule has 2 rings (SSSR count). The van der Waals surface area contributed by atoms with Crippen molar-refractivity contribution in [1.82, 2.24) is 10.5 Å². The maximum atomic E-state index is 11.9. The molecule has 19 heavy (non-hydrogen) atoms. The van der Waals surface area contributed by atoms with Gasteiger partial charge in [-0.05, 0) is 23.4 Å². The van der Waals surface area contributed by atoms with E-state index in [2.05, 4.69) is 17.4 Å². The highest BCUT2D eigenvalue weighted by molar-refractivity contribution is 7.98. The lowest BCUT2D eigenvalue weighted by atomic mass is 10.1. The fraction of sp³-hybridized carbons (Fsp3) is 0.286. The Bertz CT molecular complexity index is 509. The van der Waals surface area contributed by atoms with Gasteiger partial charge >= 0.3 is 0 Å². The van der Waals surface area contributed by atoms with Crippen LogP contribution in [0, 0.1) is 0 Å². The fourth-order valence-electron chi connectivity index (χ4n) is 1.57. The van der Waals surface area contributed by atoms with Crippen LogP contribution >= 0.6 is 11.8 Å². The van der Waals surface area contributed by atoms with Gasteiger partial charge in [-0.2, -0.15) is 11.8 Å². The third kappa shape index (κ3) is 4.13. The van der Waals surface area contributed by atoms with Crippen molar-refractivity contribution < 1.29 is 9.32 Å². The third-order valence-electron chi connectivity index (χ3n) is 2.63. The van der Waals surface area contributed by atoms with Crippen LogP contribution in [0.5, 0.6) is 0 Å². The molecule has 0 spiro atoms. The van der Waals surface area contributed by atoms with Crippen LogP contribution in [-0.4, -0.2) is 16.8 Å². The molecule has 1 aromatic carbocycles. The first kappa shape index (κ1) is 13.7. The van der Waals surface area contributed by atoms with E-state index in [0.717, 1.165) is 17.1 Å². The van der Waals surface area contributed by atoms with E-state index in [9.17, 15) is 4.79 Å². The number of aromatic nitrogens is 1. The minimum absolute atomic E-state index is 0.0871. The van der Waals surface area contributed by atoms with Gasteiger partial charge in [0, 0.05) is 23.4 Å². The summed E-state index contributed by atoms with van der Waals surface area (Å²) in [5.41, 5.74) is 2.76. The van der Waals surface area contributed by atoms with Crippen molar-refractivity contribution in [1.29, 1.82) is 0 Å². The van der Waals surface area contributed by atoms with E-state index >= 15 is 0 Å². The van der Waals surface area contributed by atoms with Crippen LogP contribution < -0.4 is 5.32 Å². The zero-order chi connectivity index (χ0) is 13.5. The Morgan fingerprint density at radius 3 is 2.74 bits per heavy atom. The number of hydrogen-bond acceptors (Lipinski definition) is 4. The second-order valence-electron chi connectivity index (χ2n) is 4.05. The Kier molecular flexibility index (Phi) is 5.03. The van der Waals surface area contributed by atoms with Gasteiger partial charge in [0.2, 0.25) is 0 Å². The van der Waals surface area contributed by atoms with E-state index in [1.54, 1.807) is 6.20 Å². The van der Waals surface area contributed by atoms with Crippen LogP contribution in [0.4, 0.5) is 0 Å². The summed E-state index contributed by atoms with van der Waals surface area (Å²) < 4.78 is 4.70. The summed E-state index contributed by atoms with van der Waals surface area (Å²) in [6.45, 7) is 2.56. The van der Waals surface area contributed by atoms with Gasteiger partial charge < -0.3 is 9.84 Å². The van der Waals surface area contributed by atoms with E-state index in [-0.39, 0.29) is 5.91 Å². The summed E-state index contributed by atoms with van der Waals surface area (Å²) in [7, 11) is 0. The second kappa shape index (κ2) is 6.99. The van der Waals surface area contributed by atoms with Crippen LogP contribution in [0.3, 0.4) is 0 Å².